The van der Waals surface area contributed by atoms with E-state index < -0.39 is 5.97 Å². The van der Waals surface area contributed by atoms with Gasteiger partial charge in [0.05, 0.1) is 13.0 Å². The van der Waals surface area contributed by atoms with Crippen LogP contribution in [0, 0.1) is 0 Å². The van der Waals surface area contributed by atoms with Crippen molar-refractivity contribution in [2.24, 2.45) is 0 Å². The molecule has 0 fully saturated rings. The molecule has 3 rings (SSSR count). The predicted octanol–water partition coefficient (Wildman–Crippen LogP) is 2.76. The first kappa shape index (κ1) is 17.0. The third kappa shape index (κ3) is 4.18. The second-order valence-corrected chi connectivity index (χ2v) is 5.84. The zero-order valence-corrected chi connectivity index (χ0v) is 14.2. The van der Waals surface area contributed by atoms with Crippen molar-refractivity contribution < 1.29 is 19.1 Å². The van der Waals surface area contributed by atoms with Gasteiger partial charge < -0.3 is 14.4 Å². The first-order valence-electron chi connectivity index (χ1n) is 8.43. The largest absolute Gasteiger partial charge is 0.494 e. The fourth-order valence-corrected chi connectivity index (χ4v) is 2.91. The van der Waals surface area contributed by atoms with Crippen LogP contribution in [0.1, 0.15) is 18.1 Å². The molecule has 2 aromatic rings. The molecule has 0 atom stereocenters. The summed E-state index contributed by atoms with van der Waals surface area (Å²) in [5.74, 6) is 0.164. The number of para-hydroxylation sites is 1. The highest BCUT2D eigenvalue weighted by molar-refractivity contribution is 5.97. The number of carbonyl (C=O) groups excluding carboxylic acids is 2. The molecule has 2 aromatic carbocycles. The number of carbonyl (C=O) groups is 2. The molecule has 0 saturated carbocycles. The van der Waals surface area contributed by atoms with Gasteiger partial charge in [0.25, 0.3) is 5.91 Å². The van der Waals surface area contributed by atoms with Crippen molar-refractivity contribution in [2.75, 3.05) is 24.7 Å². The minimum Gasteiger partial charge on any atom is -0.494 e. The van der Waals surface area contributed by atoms with E-state index in [0.29, 0.717) is 13.2 Å². The third-order valence-corrected chi connectivity index (χ3v) is 4.13. The molecule has 0 aromatic heterocycles. The minimum atomic E-state index is -0.412. The molecule has 0 unspecified atom stereocenters. The number of nitrogens with zero attached hydrogens (tertiary/aromatic N) is 1. The highest BCUT2D eigenvalue weighted by Crippen LogP contribution is 2.27. The molecule has 0 bridgehead atoms. The Bertz CT molecular complexity index is 755. The lowest BCUT2D eigenvalue weighted by atomic mass is 10.1. The zero-order chi connectivity index (χ0) is 17.6. The van der Waals surface area contributed by atoms with Gasteiger partial charge in [0.2, 0.25) is 0 Å². The van der Waals surface area contributed by atoms with E-state index >= 15 is 0 Å². The fraction of sp³-hybridized carbons (Fsp3) is 0.300. The first-order chi connectivity index (χ1) is 12.2. The summed E-state index contributed by atoms with van der Waals surface area (Å²) in [6.07, 6.45) is 0.971. The lowest BCUT2D eigenvalue weighted by molar-refractivity contribution is -0.147. The summed E-state index contributed by atoms with van der Waals surface area (Å²) in [7, 11) is 0. The number of benzene rings is 2. The summed E-state index contributed by atoms with van der Waals surface area (Å²) in [4.78, 5) is 26.0. The maximum atomic E-state index is 12.3. The monoisotopic (exact) mass is 339 g/mol. The van der Waals surface area contributed by atoms with Gasteiger partial charge in [-0.2, -0.15) is 0 Å². The van der Waals surface area contributed by atoms with Gasteiger partial charge in [-0.05, 0) is 42.7 Å². The van der Waals surface area contributed by atoms with Gasteiger partial charge in [-0.15, -0.1) is 0 Å². The number of anilines is 1. The van der Waals surface area contributed by atoms with Crippen LogP contribution in [-0.4, -0.2) is 31.6 Å². The van der Waals surface area contributed by atoms with Gasteiger partial charge in [-0.3, -0.25) is 9.59 Å². The van der Waals surface area contributed by atoms with Crippen molar-refractivity contribution in [3.05, 3.63) is 59.7 Å². The Morgan fingerprint density at radius 1 is 1.08 bits per heavy atom. The van der Waals surface area contributed by atoms with Gasteiger partial charge >= 0.3 is 5.97 Å². The molecule has 5 heteroatoms. The highest BCUT2D eigenvalue weighted by Gasteiger charge is 2.24. The average Bonchev–Trinajstić information content (AvgIpc) is 3.06. The van der Waals surface area contributed by atoms with Gasteiger partial charge in [0.1, 0.15) is 5.75 Å². The maximum absolute atomic E-state index is 12.3. The number of esters is 1. The summed E-state index contributed by atoms with van der Waals surface area (Å²) in [5, 5.41) is 0. The van der Waals surface area contributed by atoms with E-state index in [1.807, 2.05) is 55.5 Å². The second kappa shape index (κ2) is 7.83. The van der Waals surface area contributed by atoms with Crippen LogP contribution in [-0.2, 0) is 27.2 Å². The molecule has 25 heavy (non-hydrogen) atoms. The van der Waals surface area contributed by atoms with Crippen molar-refractivity contribution in [3.63, 3.8) is 0 Å². The molecule has 1 amide bonds. The SMILES string of the molecule is CCOc1ccc(CC(=O)OCC(=O)N2CCc3ccccc32)cc1. The molecule has 0 saturated heterocycles. The lowest BCUT2D eigenvalue weighted by Crippen LogP contribution is -2.33. The van der Waals surface area contributed by atoms with Crippen LogP contribution < -0.4 is 9.64 Å². The van der Waals surface area contributed by atoms with Gasteiger partial charge in [-0.1, -0.05) is 30.3 Å². The van der Waals surface area contributed by atoms with Crippen molar-refractivity contribution in [1.29, 1.82) is 0 Å². The highest BCUT2D eigenvalue weighted by atomic mass is 16.5. The van der Waals surface area contributed by atoms with E-state index in [9.17, 15) is 9.59 Å². The quantitative estimate of drug-likeness (QED) is 0.760. The van der Waals surface area contributed by atoms with Crippen molar-refractivity contribution in [1.82, 2.24) is 0 Å². The molecular weight excluding hydrogens is 318 g/mol. The number of hydrogen-bond acceptors (Lipinski definition) is 4. The maximum Gasteiger partial charge on any atom is 0.310 e. The molecule has 5 nitrogen and oxygen atoms in total. The zero-order valence-electron chi connectivity index (χ0n) is 14.2. The van der Waals surface area contributed by atoms with Crippen LogP contribution in [0.3, 0.4) is 0 Å². The Morgan fingerprint density at radius 3 is 2.60 bits per heavy atom. The third-order valence-electron chi connectivity index (χ3n) is 4.13. The van der Waals surface area contributed by atoms with E-state index in [-0.39, 0.29) is 18.9 Å². The molecule has 0 radical (unpaired) electrons. The van der Waals surface area contributed by atoms with E-state index in [4.69, 9.17) is 9.47 Å². The summed E-state index contributed by atoms with van der Waals surface area (Å²) in [5.41, 5.74) is 2.89. The standard InChI is InChI=1S/C20H21NO4/c1-2-24-17-9-7-15(8-10-17)13-20(23)25-14-19(22)21-12-11-16-5-3-4-6-18(16)21/h3-10H,2,11-14H2,1H3. The van der Waals surface area contributed by atoms with Crippen molar-refractivity contribution in [3.8, 4) is 5.75 Å². The van der Waals surface area contributed by atoms with E-state index in [1.54, 1.807) is 4.90 Å². The molecule has 1 aliphatic heterocycles. The van der Waals surface area contributed by atoms with Crippen LogP contribution in [0.4, 0.5) is 5.69 Å². The summed E-state index contributed by atoms with van der Waals surface area (Å²) < 4.78 is 10.5. The average molecular weight is 339 g/mol. The normalized spacial score (nSPS) is 12.6. The number of rotatable bonds is 6. The van der Waals surface area contributed by atoms with Crippen LogP contribution in [0.2, 0.25) is 0 Å². The Morgan fingerprint density at radius 2 is 1.84 bits per heavy atom. The number of ether oxygens (including phenoxy) is 2. The molecule has 130 valence electrons. The smallest absolute Gasteiger partial charge is 0.310 e. The first-order valence-corrected chi connectivity index (χ1v) is 8.43. The molecule has 0 spiro atoms. The molecule has 0 N–H and O–H groups in total. The van der Waals surface area contributed by atoms with Crippen LogP contribution in [0.5, 0.6) is 5.75 Å². The van der Waals surface area contributed by atoms with E-state index in [0.717, 1.165) is 29.0 Å². The summed E-state index contributed by atoms with van der Waals surface area (Å²) >= 11 is 0. The van der Waals surface area contributed by atoms with Crippen LogP contribution in [0.25, 0.3) is 0 Å². The van der Waals surface area contributed by atoms with Crippen molar-refractivity contribution >= 4 is 17.6 Å². The second-order valence-electron chi connectivity index (χ2n) is 5.84. The Kier molecular flexibility index (Phi) is 5.33. The molecular formula is C20H21NO4. The molecule has 0 aliphatic carbocycles. The summed E-state index contributed by atoms with van der Waals surface area (Å²) in [6.45, 7) is 2.92. The van der Waals surface area contributed by atoms with Crippen LogP contribution in [0.15, 0.2) is 48.5 Å². The van der Waals surface area contributed by atoms with E-state index in [2.05, 4.69) is 0 Å². The van der Waals surface area contributed by atoms with Gasteiger partial charge in [0.15, 0.2) is 6.61 Å². The van der Waals surface area contributed by atoms with Gasteiger partial charge in [0, 0.05) is 12.2 Å². The van der Waals surface area contributed by atoms with E-state index in [1.165, 1.54) is 0 Å². The Labute approximate surface area is 147 Å². The predicted molar refractivity (Wildman–Crippen MR) is 94.8 cm³/mol. The topological polar surface area (TPSA) is 55.8 Å². The summed E-state index contributed by atoms with van der Waals surface area (Å²) in [6, 6.07) is 15.1. The van der Waals surface area contributed by atoms with Crippen molar-refractivity contribution in [2.45, 2.75) is 19.8 Å². The van der Waals surface area contributed by atoms with Crippen LogP contribution >= 0.6 is 0 Å². The fourth-order valence-electron chi connectivity index (χ4n) is 2.91. The lowest BCUT2D eigenvalue weighted by Gasteiger charge is -2.17. The molecule has 1 aliphatic rings. The minimum absolute atomic E-state index is 0.135. The Balaban J connectivity index is 1.50. The molecule has 1 heterocycles. The van der Waals surface area contributed by atoms with Gasteiger partial charge in [-0.25, -0.2) is 0 Å². The number of hydrogen-bond donors (Lipinski definition) is 0. The number of fused-ring (bicyclic) bond motifs is 1. The number of amides is 1. The Hall–Kier alpha value is -2.82.